The highest BCUT2D eigenvalue weighted by Gasteiger charge is 2.35. The minimum atomic E-state index is -4.57. The number of aromatic nitrogens is 1. The standard InChI is InChI=1S/C7H7BF3NO2/c1-4-5(8(13)14)2-3-12-6(4)7(9,10)11/h2-3,13-14H,1H3. The SMILES string of the molecule is Cc1c(B(O)O)ccnc1C(F)(F)F. The van der Waals surface area contributed by atoms with Crippen LogP contribution in [0.25, 0.3) is 0 Å². The zero-order chi connectivity index (χ0) is 10.9. The molecule has 0 amide bonds. The van der Waals surface area contributed by atoms with E-state index in [1.165, 1.54) is 0 Å². The summed E-state index contributed by atoms with van der Waals surface area (Å²) in [5, 5.41) is 17.5. The van der Waals surface area contributed by atoms with Crippen molar-refractivity contribution < 1.29 is 23.2 Å². The molecule has 0 aliphatic rings. The van der Waals surface area contributed by atoms with Crippen LogP contribution in [-0.2, 0) is 6.18 Å². The monoisotopic (exact) mass is 205 g/mol. The Labute approximate surface area is 78.4 Å². The van der Waals surface area contributed by atoms with Crippen molar-refractivity contribution in [1.29, 1.82) is 0 Å². The maximum absolute atomic E-state index is 12.3. The minimum Gasteiger partial charge on any atom is -0.423 e. The largest absolute Gasteiger partial charge is 0.488 e. The lowest BCUT2D eigenvalue weighted by molar-refractivity contribution is -0.141. The first kappa shape index (κ1) is 11.0. The molecule has 1 aromatic heterocycles. The van der Waals surface area contributed by atoms with Gasteiger partial charge in [0, 0.05) is 6.20 Å². The van der Waals surface area contributed by atoms with E-state index in [0.717, 1.165) is 19.2 Å². The second-order valence-electron chi connectivity index (χ2n) is 2.75. The van der Waals surface area contributed by atoms with Crippen LogP contribution in [0.1, 0.15) is 11.3 Å². The number of nitrogens with zero attached hydrogens (tertiary/aromatic N) is 1. The van der Waals surface area contributed by atoms with Gasteiger partial charge in [-0.3, -0.25) is 4.98 Å². The van der Waals surface area contributed by atoms with Gasteiger partial charge in [0.2, 0.25) is 0 Å². The first-order valence-electron chi connectivity index (χ1n) is 3.73. The van der Waals surface area contributed by atoms with Crippen LogP contribution in [-0.4, -0.2) is 22.2 Å². The number of hydrogen-bond donors (Lipinski definition) is 2. The van der Waals surface area contributed by atoms with Crippen molar-refractivity contribution in [2.45, 2.75) is 13.1 Å². The van der Waals surface area contributed by atoms with Crippen LogP contribution in [0.4, 0.5) is 13.2 Å². The maximum Gasteiger partial charge on any atom is 0.488 e. The third kappa shape index (κ3) is 2.05. The molecule has 0 aliphatic heterocycles. The van der Waals surface area contributed by atoms with Gasteiger partial charge in [-0.15, -0.1) is 0 Å². The molecule has 0 aromatic carbocycles. The smallest absolute Gasteiger partial charge is 0.423 e. The zero-order valence-electron chi connectivity index (χ0n) is 7.21. The lowest BCUT2D eigenvalue weighted by atomic mass is 9.77. The molecule has 0 unspecified atom stereocenters. The van der Waals surface area contributed by atoms with Crippen LogP contribution in [0.15, 0.2) is 12.3 Å². The third-order valence-electron chi connectivity index (χ3n) is 1.79. The Balaban J connectivity index is 3.28. The van der Waals surface area contributed by atoms with Gasteiger partial charge < -0.3 is 10.0 Å². The van der Waals surface area contributed by atoms with E-state index in [2.05, 4.69) is 4.98 Å². The van der Waals surface area contributed by atoms with Crippen LogP contribution in [0.2, 0.25) is 0 Å². The van der Waals surface area contributed by atoms with Crippen LogP contribution in [0.3, 0.4) is 0 Å². The lowest BCUT2D eigenvalue weighted by Crippen LogP contribution is -2.34. The van der Waals surface area contributed by atoms with Gasteiger partial charge in [0.25, 0.3) is 0 Å². The summed E-state index contributed by atoms with van der Waals surface area (Å²) in [6.45, 7) is 1.14. The number of rotatable bonds is 1. The Hall–Kier alpha value is -1.08. The highest BCUT2D eigenvalue weighted by molar-refractivity contribution is 6.59. The zero-order valence-corrected chi connectivity index (χ0v) is 7.21. The molecule has 7 heteroatoms. The summed E-state index contributed by atoms with van der Waals surface area (Å²) < 4.78 is 36.8. The molecule has 3 nitrogen and oxygen atoms in total. The van der Waals surface area contributed by atoms with Gasteiger partial charge in [-0.25, -0.2) is 0 Å². The molecule has 0 fully saturated rings. The van der Waals surface area contributed by atoms with Crippen molar-refractivity contribution in [3.05, 3.63) is 23.5 Å². The van der Waals surface area contributed by atoms with Gasteiger partial charge >= 0.3 is 13.3 Å². The molecule has 14 heavy (non-hydrogen) atoms. The molecular formula is C7H7BF3NO2. The van der Waals surface area contributed by atoms with Crippen molar-refractivity contribution in [3.63, 3.8) is 0 Å². The molecule has 0 aliphatic carbocycles. The van der Waals surface area contributed by atoms with E-state index in [0.29, 0.717) is 0 Å². The Bertz CT molecular complexity index is 340. The average molecular weight is 205 g/mol. The molecular weight excluding hydrogens is 198 g/mol. The summed E-state index contributed by atoms with van der Waals surface area (Å²) in [5.74, 6) is 0. The highest BCUT2D eigenvalue weighted by atomic mass is 19.4. The molecule has 2 N–H and O–H groups in total. The molecule has 0 spiro atoms. The van der Waals surface area contributed by atoms with E-state index >= 15 is 0 Å². The van der Waals surface area contributed by atoms with Crippen molar-refractivity contribution in [1.82, 2.24) is 4.98 Å². The molecule has 0 bridgehead atoms. The van der Waals surface area contributed by atoms with E-state index in [1.807, 2.05) is 0 Å². The summed E-state index contributed by atoms with van der Waals surface area (Å²) in [6, 6.07) is 1.13. The van der Waals surface area contributed by atoms with E-state index in [9.17, 15) is 13.2 Å². The van der Waals surface area contributed by atoms with Gasteiger partial charge in [0.05, 0.1) is 0 Å². The minimum absolute atomic E-state index is 0.188. The van der Waals surface area contributed by atoms with Crippen LogP contribution < -0.4 is 5.46 Å². The summed E-state index contributed by atoms with van der Waals surface area (Å²) in [6.07, 6.45) is -3.68. The Morgan fingerprint density at radius 2 is 1.93 bits per heavy atom. The normalized spacial score (nSPS) is 11.6. The summed E-state index contributed by atoms with van der Waals surface area (Å²) in [5.41, 5.74) is -1.55. The Kier molecular flexibility index (Phi) is 2.82. The van der Waals surface area contributed by atoms with Crippen molar-refractivity contribution >= 4 is 12.6 Å². The van der Waals surface area contributed by atoms with Gasteiger partial charge in [0.15, 0.2) is 0 Å². The molecule has 76 valence electrons. The molecule has 1 heterocycles. The molecule has 0 atom stereocenters. The van der Waals surface area contributed by atoms with Gasteiger partial charge in [-0.1, -0.05) is 0 Å². The first-order valence-corrected chi connectivity index (χ1v) is 3.73. The van der Waals surface area contributed by atoms with Crippen molar-refractivity contribution in [2.24, 2.45) is 0 Å². The fourth-order valence-corrected chi connectivity index (χ4v) is 1.12. The number of alkyl halides is 3. The Morgan fingerprint density at radius 3 is 2.36 bits per heavy atom. The van der Waals surface area contributed by atoms with Crippen LogP contribution in [0.5, 0.6) is 0 Å². The average Bonchev–Trinajstić information content (AvgIpc) is 2.01. The lowest BCUT2D eigenvalue weighted by Gasteiger charge is -2.11. The number of hydrogen-bond acceptors (Lipinski definition) is 3. The second kappa shape index (κ2) is 3.59. The summed E-state index contributed by atoms with van der Waals surface area (Å²) in [4.78, 5) is 3.15. The Morgan fingerprint density at radius 1 is 1.36 bits per heavy atom. The van der Waals surface area contributed by atoms with Crippen molar-refractivity contribution in [3.8, 4) is 0 Å². The van der Waals surface area contributed by atoms with E-state index in [1.54, 1.807) is 0 Å². The van der Waals surface area contributed by atoms with E-state index in [4.69, 9.17) is 10.0 Å². The first-order chi connectivity index (χ1) is 6.34. The third-order valence-corrected chi connectivity index (χ3v) is 1.79. The van der Waals surface area contributed by atoms with E-state index in [-0.39, 0.29) is 11.0 Å². The molecule has 0 saturated heterocycles. The number of pyridine rings is 1. The maximum atomic E-state index is 12.3. The van der Waals surface area contributed by atoms with E-state index < -0.39 is 19.0 Å². The fraction of sp³-hybridized carbons (Fsp3) is 0.286. The molecule has 0 saturated carbocycles. The van der Waals surface area contributed by atoms with Gasteiger partial charge in [-0.2, -0.15) is 13.2 Å². The predicted molar refractivity (Wildman–Crippen MR) is 43.8 cm³/mol. The second-order valence-corrected chi connectivity index (χ2v) is 2.75. The molecule has 1 rings (SSSR count). The van der Waals surface area contributed by atoms with Gasteiger partial charge in [-0.05, 0) is 24.0 Å². The van der Waals surface area contributed by atoms with Crippen LogP contribution in [0, 0.1) is 6.92 Å². The summed E-state index contributed by atoms with van der Waals surface area (Å²) in [7, 11) is -1.92. The molecule has 0 radical (unpaired) electrons. The highest BCUT2D eigenvalue weighted by Crippen LogP contribution is 2.28. The fourth-order valence-electron chi connectivity index (χ4n) is 1.12. The molecule has 1 aromatic rings. The number of halogens is 3. The topological polar surface area (TPSA) is 53.4 Å². The predicted octanol–water partition coefficient (Wildman–Crippen LogP) is 0.0886. The van der Waals surface area contributed by atoms with Gasteiger partial charge in [0.1, 0.15) is 5.69 Å². The summed E-state index contributed by atoms with van der Waals surface area (Å²) >= 11 is 0. The quantitative estimate of drug-likeness (QED) is 0.638. The van der Waals surface area contributed by atoms with Crippen LogP contribution >= 0.6 is 0 Å². The van der Waals surface area contributed by atoms with Crippen molar-refractivity contribution in [2.75, 3.05) is 0 Å².